The van der Waals surface area contributed by atoms with Crippen LogP contribution in [0.15, 0.2) is 41.4 Å². The Morgan fingerprint density at radius 1 is 1.31 bits per heavy atom. The van der Waals surface area contributed by atoms with E-state index in [4.69, 9.17) is 0 Å². The first-order chi connectivity index (χ1) is 12.4. The van der Waals surface area contributed by atoms with Gasteiger partial charge in [-0.15, -0.1) is 11.3 Å². The Labute approximate surface area is 150 Å². The van der Waals surface area contributed by atoms with Crippen molar-refractivity contribution in [3.8, 4) is 0 Å². The Morgan fingerprint density at radius 3 is 2.85 bits per heavy atom. The van der Waals surface area contributed by atoms with Gasteiger partial charge in [-0.05, 0) is 11.6 Å². The first kappa shape index (κ1) is 16.8. The normalized spacial score (nSPS) is 17.0. The molecule has 0 saturated heterocycles. The second-order valence-corrected chi connectivity index (χ2v) is 6.70. The summed E-state index contributed by atoms with van der Waals surface area (Å²) in [6.45, 7) is -0.0882. The van der Waals surface area contributed by atoms with Crippen LogP contribution < -0.4 is 5.32 Å². The quantitative estimate of drug-likeness (QED) is 0.752. The third-order valence-corrected chi connectivity index (χ3v) is 4.95. The van der Waals surface area contributed by atoms with Crippen molar-refractivity contribution in [1.29, 1.82) is 0 Å². The van der Waals surface area contributed by atoms with Crippen LogP contribution in [0.4, 0.5) is 19.0 Å². The predicted molar refractivity (Wildman–Crippen MR) is 90.0 cm³/mol. The summed E-state index contributed by atoms with van der Waals surface area (Å²) in [4.78, 5) is 16.4. The zero-order chi connectivity index (χ0) is 18.3. The number of hydrogen-bond donors (Lipinski definition) is 1. The molecule has 9 heteroatoms. The van der Waals surface area contributed by atoms with Gasteiger partial charge in [-0.25, -0.2) is 9.67 Å². The number of nitrogens with zero attached hydrogens (tertiary/aromatic N) is 3. The number of aromatic nitrogens is 3. The minimum absolute atomic E-state index is 0.0882. The van der Waals surface area contributed by atoms with Crippen LogP contribution in [0.3, 0.4) is 0 Å². The molecule has 0 bridgehead atoms. The molecule has 1 aromatic carbocycles. The van der Waals surface area contributed by atoms with E-state index in [1.807, 2.05) is 5.38 Å². The molecule has 0 aliphatic carbocycles. The number of halogens is 3. The van der Waals surface area contributed by atoms with Crippen LogP contribution in [-0.4, -0.2) is 20.7 Å². The fraction of sp³-hybridized carbons (Fsp3) is 0.235. The van der Waals surface area contributed by atoms with Crippen LogP contribution in [0.5, 0.6) is 0 Å². The lowest BCUT2D eigenvalue weighted by Gasteiger charge is -2.22. The molecule has 4 rings (SSSR count). The molecule has 1 amide bonds. The van der Waals surface area contributed by atoms with E-state index in [0.29, 0.717) is 5.82 Å². The van der Waals surface area contributed by atoms with Crippen molar-refractivity contribution < 1.29 is 18.0 Å². The summed E-state index contributed by atoms with van der Waals surface area (Å²) in [6, 6.07) is 5.36. The van der Waals surface area contributed by atoms with Crippen molar-refractivity contribution in [3.05, 3.63) is 63.7 Å². The van der Waals surface area contributed by atoms with Crippen molar-refractivity contribution >= 4 is 23.1 Å². The van der Waals surface area contributed by atoms with Crippen LogP contribution in [-0.2, 0) is 17.5 Å². The van der Waals surface area contributed by atoms with Gasteiger partial charge in [-0.2, -0.15) is 18.3 Å². The highest BCUT2D eigenvalue weighted by atomic mass is 32.1. The predicted octanol–water partition coefficient (Wildman–Crippen LogP) is 3.88. The van der Waals surface area contributed by atoms with E-state index in [0.717, 1.165) is 17.3 Å². The molecule has 0 spiro atoms. The topological polar surface area (TPSA) is 59.8 Å². The second-order valence-electron chi connectivity index (χ2n) is 5.98. The fourth-order valence-electron chi connectivity index (χ4n) is 3.14. The Kier molecular flexibility index (Phi) is 4.03. The number of fused-ring (bicyclic) bond motifs is 1. The number of nitrogens with one attached hydrogen (secondary N) is 1. The number of benzene rings is 1. The number of hydrogen-bond acceptors (Lipinski definition) is 4. The van der Waals surface area contributed by atoms with Crippen LogP contribution in [0.2, 0.25) is 0 Å². The fourth-order valence-corrected chi connectivity index (χ4v) is 3.75. The molecule has 0 fully saturated rings. The standard InChI is InChI=1S/C17H13F3N4OS/c18-17(19,20)13-4-2-1-3-10(13)7-24-16-12(6-22-24)11(5-15(25)23-16)14-8-26-9-21-14/h1-4,6,8-9,11H,5,7H2,(H,23,25). The van der Waals surface area contributed by atoms with Crippen molar-refractivity contribution in [2.24, 2.45) is 0 Å². The summed E-state index contributed by atoms with van der Waals surface area (Å²) in [7, 11) is 0. The van der Waals surface area contributed by atoms with Gasteiger partial charge in [0.25, 0.3) is 0 Å². The number of carbonyl (C=O) groups excluding carboxylic acids is 1. The largest absolute Gasteiger partial charge is 0.416 e. The van der Waals surface area contributed by atoms with Gasteiger partial charge in [0, 0.05) is 23.3 Å². The van der Waals surface area contributed by atoms with Crippen molar-refractivity contribution in [3.63, 3.8) is 0 Å². The lowest BCUT2D eigenvalue weighted by Crippen LogP contribution is -2.25. The molecule has 26 heavy (non-hydrogen) atoms. The minimum atomic E-state index is -4.45. The molecule has 0 radical (unpaired) electrons. The summed E-state index contributed by atoms with van der Waals surface area (Å²) in [5, 5.41) is 8.82. The highest BCUT2D eigenvalue weighted by Crippen LogP contribution is 2.38. The van der Waals surface area contributed by atoms with E-state index >= 15 is 0 Å². The van der Waals surface area contributed by atoms with Crippen molar-refractivity contribution in [1.82, 2.24) is 14.8 Å². The first-order valence-electron chi connectivity index (χ1n) is 7.82. The van der Waals surface area contributed by atoms with E-state index in [-0.39, 0.29) is 30.4 Å². The van der Waals surface area contributed by atoms with Crippen LogP contribution in [0, 0.1) is 0 Å². The van der Waals surface area contributed by atoms with Gasteiger partial charge < -0.3 is 5.32 Å². The van der Waals surface area contributed by atoms with E-state index < -0.39 is 11.7 Å². The molecule has 1 N–H and O–H groups in total. The molecular formula is C17H13F3N4OS. The molecule has 1 atom stereocenters. The SMILES string of the molecule is O=C1CC(c2cscn2)c2cnn(Cc3ccccc3C(F)(F)F)c2N1. The Hall–Kier alpha value is -2.68. The van der Waals surface area contributed by atoms with Crippen LogP contribution >= 0.6 is 11.3 Å². The summed E-state index contributed by atoms with van der Waals surface area (Å²) < 4.78 is 41.1. The minimum Gasteiger partial charge on any atom is -0.311 e. The number of alkyl halides is 3. The number of amides is 1. The van der Waals surface area contributed by atoms with Gasteiger partial charge in [0.05, 0.1) is 29.5 Å². The van der Waals surface area contributed by atoms with E-state index in [1.165, 1.54) is 28.2 Å². The molecule has 1 aliphatic heterocycles. The van der Waals surface area contributed by atoms with E-state index in [1.54, 1.807) is 17.8 Å². The van der Waals surface area contributed by atoms with Gasteiger partial charge in [0.2, 0.25) is 5.91 Å². The average molecular weight is 378 g/mol. The second kappa shape index (κ2) is 6.24. The van der Waals surface area contributed by atoms with Crippen molar-refractivity contribution in [2.75, 3.05) is 5.32 Å². The molecule has 134 valence electrons. The highest BCUT2D eigenvalue weighted by molar-refractivity contribution is 7.07. The smallest absolute Gasteiger partial charge is 0.311 e. The van der Waals surface area contributed by atoms with Gasteiger partial charge in [-0.3, -0.25) is 4.79 Å². The summed E-state index contributed by atoms with van der Waals surface area (Å²) in [5.74, 6) is -0.0193. The Balaban J connectivity index is 1.72. The number of anilines is 1. The maximum Gasteiger partial charge on any atom is 0.416 e. The molecule has 1 unspecified atom stereocenters. The zero-order valence-corrected chi connectivity index (χ0v) is 14.1. The lowest BCUT2D eigenvalue weighted by atomic mass is 9.92. The van der Waals surface area contributed by atoms with E-state index in [2.05, 4.69) is 15.4 Å². The summed E-state index contributed by atoms with van der Waals surface area (Å²) in [6.07, 6.45) is -2.62. The molecule has 2 aromatic heterocycles. The summed E-state index contributed by atoms with van der Waals surface area (Å²) >= 11 is 1.43. The van der Waals surface area contributed by atoms with Crippen molar-refractivity contribution in [2.45, 2.75) is 25.1 Å². The van der Waals surface area contributed by atoms with Gasteiger partial charge in [0.1, 0.15) is 5.82 Å². The first-order valence-corrected chi connectivity index (χ1v) is 8.76. The molecular weight excluding hydrogens is 365 g/mol. The van der Waals surface area contributed by atoms with Gasteiger partial charge >= 0.3 is 6.18 Å². The third-order valence-electron chi connectivity index (χ3n) is 4.34. The third kappa shape index (κ3) is 2.98. The number of carbonyl (C=O) groups is 1. The maximum atomic E-state index is 13.2. The van der Waals surface area contributed by atoms with Crippen LogP contribution in [0.1, 0.15) is 34.7 Å². The molecule has 3 heterocycles. The van der Waals surface area contributed by atoms with Crippen LogP contribution in [0.25, 0.3) is 0 Å². The zero-order valence-electron chi connectivity index (χ0n) is 13.3. The average Bonchev–Trinajstić information content (AvgIpc) is 3.24. The van der Waals surface area contributed by atoms with Gasteiger partial charge in [-0.1, -0.05) is 18.2 Å². The van der Waals surface area contributed by atoms with E-state index in [9.17, 15) is 18.0 Å². The summed E-state index contributed by atoms with van der Waals surface area (Å²) in [5.41, 5.74) is 2.60. The molecule has 5 nitrogen and oxygen atoms in total. The van der Waals surface area contributed by atoms with Gasteiger partial charge in [0.15, 0.2) is 0 Å². The highest BCUT2D eigenvalue weighted by Gasteiger charge is 2.34. The molecule has 3 aromatic rings. The number of thiazole rings is 1. The lowest BCUT2D eigenvalue weighted by molar-refractivity contribution is -0.138. The molecule has 0 saturated carbocycles. The Morgan fingerprint density at radius 2 is 2.12 bits per heavy atom. The maximum absolute atomic E-state index is 13.2. The monoisotopic (exact) mass is 378 g/mol. The Bertz CT molecular complexity index is 949. The molecule has 1 aliphatic rings. The number of rotatable bonds is 3.